The van der Waals surface area contributed by atoms with Crippen LogP contribution in [-0.2, 0) is 14.0 Å². The van der Waals surface area contributed by atoms with Crippen molar-refractivity contribution in [2.75, 3.05) is 12.9 Å². The predicted molar refractivity (Wildman–Crippen MR) is 93.5 cm³/mol. The van der Waals surface area contributed by atoms with E-state index in [0.29, 0.717) is 17.0 Å². The summed E-state index contributed by atoms with van der Waals surface area (Å²) < 4.78 is 16.8. The second kappa shape index (κ2) is 6.67. The molecule has 0 N–H and O–H groups in total. The second-order valence-corrected chi connectivity index (χ2v) is 6.74. The van der Waals surface area contributed by atoms with Gasteiger partial charge in [-0.1, -0.05) is 0 Å². The summed E-state index contributed by atoms with van der Waals surface area (Å²) in [4.78, 5) is 15.9. The summed E-state index contributed by atoms with van der Waals surface area (Å²) in [7, 11) is 0.864. The number of carbonyl (C=O) groups excluding carboxylic acids is 1. The van der Waals surface area contributed by atoms with Crippen molar-refractivity contribution >= 4 is 31.8 Å². The SMILES string of the molecule is COC(=O)c1ccnc(C=C(CS)B2OC(C)(C)C(C)(C)O2)c1. The van der Waals surface area contributed by atoms with Gasteiger partial charge in [0.2, 0.25) is 0 Å². The first-order valence-electron chi connectivity index (χ1n) is 7.41. The zero-order valence-corrected chi connectivity index (χ0v) is 15.0. The summed E-state index contributed by atoms with van der Waals surface area (Å²) in [5.74, 6) is 0.0612. The topological polar surface area (TPSA) is 57.7 Å². The molecule has 0 spiro atoms. The van der Waals surface area contributed by atoms with Crippen LogP contribution in [-0.4, -0.2) is 42.1 Å². The van der Waals surface area contributed by atoms with Crippen molar-refractivity contribution < 1.29 is 18.8 Å². The Hall–Kier alpha value is -1.31. The van der Waals surface area contributed by atoms with Crippen molar-refractivity contribution in [3.8, 4) is 0 Å². The molecule has 1 saturated heterocycles. The molecule has 0 atom stereocenters. The van der Waals surface area contributed by atoms with E-state index in [9.17, 15) is 4.79 Å². The Kier molecular flexibility index (Phi) is 5.23. The van der Waals surface area contributed by atoms with E-state index in [1.165, 1.54) is 7.11 Å². The maximum Gasteiger partial charge on any atom is 0.491 e. The van der Waals surface area contributed by atoms with Gasteiger partial charge in [0.1, 0.15) is 0 Å². The van der Waals surface area contributed by atoms with Crippen molar-refractivity contribution in [3.05, 3.63) is 35.1 Å². The van der Waals surface area contributed by atoms with Crippen LogP contribution in [0.2, 0.25) is 0 Å². The number of methoxy groups -OCH3 is 1. The van der Waals surface area contributed by atoms with E-state index >= 15 is 0 Å². The minimum absolute atomic E-state index is 0.398. The maximum absolute atomic E-state index is 11.6. The van der Waals surface area contributed by atoms with Crippen LogP contribution in [0.15, 0.2) is 23.8 Å². The maximum atomic E-state index is 11.6. The lowest BCUT2D eigenvalue weighted by molar-refractivity contribution is 0.00578. The quantitative estimate of drug-likeness (QED) is 0.521. The lowest BCUT2D eigenvalue weighted by Gasteiger charge is -2.32. The lowest BCUT2D eigenvalue weighted by atomic mass is 9.78. The number of hydrogen-bond acceptors (Lipinski definition) is 6. The van der Waals surface area contributed by atoms with Gasteiger partial charge in [-0.15, -0.1) is 0 Å². The highest BCUT2D eigenvalue weighted by Gasteiger charge is 2.52. The Balaban J connectivity index is 2.28. The summed E-state index contributed by atoms with van der Waals surface area (Å²) in [5, 5.41) is 0. The molecule has 1 aromatic heterocycles. The van der Waals surface area contributed by atoms with Crippen molar-refractivity contribution in [2.45, 2.75) is 38.9 Å². The molecule has 0 aromatic carbocycles. The molecule has 2 heterocycles. The van der Waals surface area contributed by atoms with E-state index in [1.54, 1.807) is 18.3 Å². The second-order valence-electron chi connectivity index (χ2n) is 6.43. The normalized spacial score (nSPS) is 19.7. The standard InChI is InChI=1S/C16H22BNO4S/c1-15(2)16(3,4)22-17(21-15)12(10-23)9-13-8-11(6-7-18-13)14(19)20-5/h6-9,23H,10H2,1-5H3. The number of thiol groups is 1. The molecule has 0 amide bonds. The van der Waals surface area contributed by atoms with Crippen molar-refractivity contribution in [3.63, 3.8) is 0 Å². The Bertz CT molecular complexity index is 614. The fraction of sp³-hybridized carbons (Fsp3) is 0.500. The summed E-state index contributed by atoms with van der Waals surface area (Å²) in [6.07, 6.45) is 3.40. The Morgan fingerprint density at radius 3 is 2.48 bits per heavy atom. The van der Waals surface area contributed by atoms with Crippen LogP contribution in [0.4, 0.5) is 0 Å². The van der Waals surface area contributed by atoms with Crippen LogP contribution < -0.4 is 0 Å². The number of hydrogen-bond donors (Lipinski definition) is 1. The minimum Gasteiger partial charge on any atom is -0.465 e. The summed E-state index contributed by atoms with van der Waals surface area (Å²) >= 11 is 4.37. The molecular weight excluding hydrogens is 313 g/mol. The smallest absolute Gasteiger partial charge is 0.465 e. The third-order valence-electron chi connectivity index (χ3n) is 4.27. The number of ether oxygens (including phenoxy) is 1. The van der Waals surface area contributed by atoms with Gasteiger partial charge in [0.15, 0.2) is 0 Å². The first kappa shape index (κ1) is 18.0. The third-order valence-corrected chi connectivity index (χ3v) is 4.64. The molecular formula is C16H22BNO4S. The van der Waals surface area contributed by atoms with E-state index in [-0.39, 0.29) is 0 Å². The first-order chi connectivity index (χ1) is 10.7. The number of carbonyl (C=O) groups is 1. The van der Waals surface area contributed by atoms with Crippen LogP contribution in [0, 0.1) is 0 Å². The molecule has 1 fully saturated rings. The van der Waals surface area contributed by atoms with Gasteiger partial charge in [0.25, 0.3) is 0 Å². The number of rotatable bonds is 4. The average Bonchev–Trinajstić information content (AvgIpc) is 2.72. The first-order valence-corrected chi connectivity index (χ1v) is 8.05. The highest BCUT2D eigenvalue weighted by atomic mass is 32.1. The minimum atomic E-state index is -0.485. The number of pyridine rings is 1. The van der Waals surface area contributed by atoms with Crippen LogP contribution in [0.5, 0.6) is 0 Å². The molecule has 0 radical (unpaired) electrons. The fourth-order valence-corrected chi connectivity index (χ4v) is 2.39. The molecule has 1 aliphatic rings. The van der Waals surface area contributed by atoms with Gasteiger partial charge in [-0.3, -0.25) is 4.98 Å². The summed E-state index contributed by atoms with van der Waals surface area (Å²) in [6.45, 7) is 8.00. The Morgan fingerprint density at radius 2 is 1.96 bits per heavy atom. The van der Waals surface area contributed by atoms with Gasteiger partial charge in [-0.05, 0) is 51.4 Å². The van der Waals surface area contributed by atoms with Gasteiger partial charge in [0.05, 0.1) is 29.6 Å². The fourth-order valence-electron chi connectivity index (χ4n) is 2.14. The molecule has 0 aliphatic carbocycles. The van der Waals surface area contributed by atoms with Crippen molar-refractivity contribution in [1.82, 2.24) is 4.98 Å². The molecule has 124 valence electrons. The monoisotopic (exact) mass is 335 g/mol. The van der Waals surface area contributed by atoms with Gasteiger partial charge in [-0.2, -0.15) is 12.6 Å². The van der Waals surface area contributed by atoms with Crippen molar-refractivity contribution in [2.24, 2.45) is 0 Å². The molecule has 7 heteroatoms. The molecule has 1 aromatic rings. The number of aromatic nitrogens is 1. The highest BCUT2D eigenvalue weighted by molar-refractivity contribution is 7.80. The van der Waals surface area contributed by atoms with Crippen molar-refractivity contribution in [1.29, 1.82) is 0 Å². The molecule has 23 heavy (non-hydrogen) atoms. The van der Waals surface area contributed by atoms with Crippen LogP contribution in [0.25, 0.3) is 6.08 Å². The van der Waals surface area contributed by atoms with Gasteiger partial charge in [-0.25, -0.2) is 4.79 Å². The summed E-state index contributed by atoms with van der Waals surface area (Å²) in [5.41, 5.74) is 1.09. The van der Waals surface area contributed by atoms with Crippen LogP contribution in [0.3, 0.4) is 0 Å². The third kappa shape index (κ3) is 3.79. The van der Waals surface area contributed by atoms with E-state index in [1.807, 2.05) is 33.8 Å². The Morgan fingerprint density at radius 1 is 1.35 bits per heavy atom. The zero-order valence-electron chi connectivity index (χ0n) is 14.1. The van der Waals surface area contributed by atoms with E-state index < -0.39 is 24.3 Å². The predicted octanol–water partition coefficient (Wildman–Crippen LogP) is 2.81. The Labute approximate surface area is 143 Å². The largest absolute Gasteiger partial charge is 0.491 e. The van der Waals surface area contributed by atoms with E-state index in [4.69, 9.17) is 14.0 Å². The van der Waals surface area contributed by atoms with Gasteiger partial charge < -0.3 is 14.0 Å². The van der Waals surface area contributed by atoms with Gasteiger partial charge in [0, 0.05) is 11.9 Å². The van der Waals surface area contributed by atoms with Crippen LogP contribution >= 0.6 is 12.6 Å². The van der Waals surface area contributed by atoms with Gasteiger partial charge >= 0.3 is 13.1 Å². The molecule has 0 bridgehead atoms. The molecule has 5 nitrogen and oxygen atoms in total. The lowest BCUT2D eigenvalue weighted by Crippen LogP contribution is -2.41. The molecule has 0 saturated carbocycles. The number of esters is 1. The highest BCUT2D eigenvalue weighted by Crippen LogP contribution is 2.38. The molecule has 1 aliphatic heterocycles. The number of nitrogens with zero attached hydrogens (tertiary/aromatic N) is 1. The van der Waals surface area contributed by atoms with Crippen LogP contribution in [0.1, 0.15) is 43.7 Å². The molecule has 0 unspecified atom stereocenters. The summed E-state index contributed by atoms with van der Waals surface area (Å²) in [6, 6.07) is 3.28. The molecule has 2 rings (SSSR count). The van der Waals surface area contributed by atoms with E-state index in [2.05, 4.69) is 17.6 Å². The zero-order chi connectivity index (χ0) is 17.3. The average molecular weight is 335 g/mol. The van der Waals surface area contributed by atoms with E-state index in [0.717, 1.165) is 5.47 Å².